The number of anilines is 4. The molecule has 1 saturated heterocycles. The third-order valence-corrected chi connectivity index (χ3v) is 3.89. The molecule has 1 aromatic heterocycles. The van der Waals surface area contributed by atoms with Gasteiger partial charge in [-0.2, -0.15) is 15.0 Å². The highest BCUT2D eigenvalue weighted by Gasteiger charge is 2.17. The Morgan fingerprint density at radius 2 is 1.86 bits per heavy atom. The first-order chi connectivity index (χ1) is 10.2. The average Bonchev–Trinajstić information content (AvgIpc) is 3.01. The number of rotatable bonds is 4. The minimum atomic E-state index is 0.361. The van der Waals surface area contributed by atoms with Gasteiger partial charge in [-0.3, -0.25) is 5.43 Å². The molecule has 3 rings (SSSR count). The number of benzene rings is 1. The fraction of sp³-hybridized carbons (Fsp3) is 0.308. The molecule has 2 heterocycles. The summed E-state index contributed by atoms with van der Waals surface area (Å²) in [6, 6.07) is 8.00. The maximum Gasteiger partial charge on any atom is 0.243 e. The minimum absolute atomic E-state index is 0.361. The quantitative estimate of drug-likeness (QED) is 0.414. The Balaban J connectivity index is 1.88. The summed E-state index contributed by atoms with van der Waals surface area (Å²) in [4.78, 5) is 15.2. The number of nitrogens with one attached hydrogen (secondary N) is 2. The van der Waals surface area contributed by atoms with Crippen LogP contribution in [-0.2, 0) is 0 Å². The van der Waals surface area contributed by atoms with Gasteiger partial charge in [0.15, 0.2) is 0 Å². The molecule has 0 spiro atoms. The number of hydrogen-bond acceptors (Lipinski definition) is 7. The number of nitrogens with two attached hydrogens (primary N) is 1. The highest BCUT2D eigenvalue weighted by molar-refractivity contribution is 14.1. The molecular weight excluding hydrogens is 381 g/mol. The van der Waals surface area contributed by atoms with Crippen LogP contribution in [0.2, 0.25) is 0 Å². The van der Waals surface area contributed by atoms with Crippen molar-refractivity contribution in [2.45, 2.75) is 12.8 Å². The van der Waals surface area contributed by atoms with Gasteiger partial charge in [-0.1, -0.05) is 6.07 Å². The zero-order valence-corrected chi connectivity index (χ0v) is 13.5. The normalized spacial score (nSPS) is 14.3. The molecule has 0 atom stereocenters. The van der Waals surface area contributed by atoms with Crippen molar-refractivity contribution in [3.8, 4) is 0 Å². The standard InChI is InChI=1S/C13H16IN7/c14-9-4-3-5-10(8-9)16-11-17-12(20-15)19-13(18-11)21-6-1-2-7-21/h3-5,8H,1-2,6-7,15H2,(H2,16,17,18,19,20). The van der Waals surface area contributed by atoms with Crippen LogP contribution in [0.3, 0.4) is 0 Å². The number of halogens is 1. The fourth-order valence-corrected chi connectivity index (χ4v) is 2.78. The lowest BCUT2D eigenvalue weighted by atomic mass is 10.3. The van der Waals surface area contributed by atoms with E-state index in [1.807, 2.05) is 24.3 Å². The molecule has 0 unspecified atom stereocenters. The zero-order valence-electron chi connectivity index (χ0n) is 11.4. The summed E-state index contributed by atoms with van der Waals surface area (Å²) in [6.45, 7) is 1.94. The van der Waals surface area contributed by atoms with Crippen molar-refractivity contribution in [1.82, 2.24) is 15.0 Å². The van der Waals surface area contributed by atoms with E-state index in [1.165, 1.54) is 0 Å². The van der Waals surface area contributed by atoms with E-state index in [-0.39, 0.29) is 0 Å². The lowest BCUT2D eigenvalue weighted by Crippen LogP contribution is -2.23. The predicted molar refractivity (Wildman–Crippen MR) is 91.5 cm³/mol. The first kappa shape index (κ1) is 14.3. The monoisotopic (exact) mass is 397 g/mol. The Labute approximate surface area is 136 Å². The maximum atomic E-state index is 5.45. The van der Waals surface area contributed by atoms with Crippen LogP contribution in [0.1, 0.15) is 12.8 Å². The Morgan fingerprint density at radius 3 is 2.57 bits per heavy atom. The van der Waals surface area contributed by atoms with E-state index in [1.54, 1.807) is 0 Å². The Bertz CT molecular complexity index is 628. The SMILES string of the molecule is NNc1nc(Nc2cccc(I)c2)nc(N2CCCC2)n1. The van der Waals surface area contributed by atoms with Crippen LogP contribution in [0.5, 0.6) is 0 Å². The summed E-state index contributed by atoms with van der Waals surface area (Å²) in [5, 5.41) is 3.19. The second-order valence-corrected chi connectivity index (χ2v) is 6.00. The summed E-state index contributed by atoms with van der Waals surface area (Å²) in [6.07, 6.45) is 2.33. The maximum absolute atomic E-state index is 5.45. The summed E-state index contributed by atoms with van der Waals surface area (Å²) in [5.74, 6) is 6.96. The zero-order chi connectivity index (χ0) is 14.7. The van der Waals surface area contributed by atoms with Crippen LogP contribution < -0.4 is 21.5 Å². The van der Waals surface area contributed by atoms with Gasteiger partial charge >= 0.3 is 0 Å². The van der Waals surface area contributed by atoms with Crippen LogP contribution in [0.25, 0.3) is 0 Å². The molecule has 0 bridgehead atoms. The van der Waals surface area contributed by atoms with Crippen LogP contribution >= 0.6 is 22.6 Å². The highest BCUT2D eigenvalue weighted by Crippen LogP contribution is 2.21. The smallest absolute Gasteiger partial charge is 0.243 e. The molecule has 0 aliphatic carbocycles. The van der Waals surface area contributed by atoms with Crippen molar-refractivity contribution >= 4 is 46.1 Å². The third kappa shape index (κ3) is 3.50. The van der Waals surface area contributed by atoms with Gasteiger partial charge in [-0.25, -0.2) is 5.84 Å². The van der Waals surface area contributed by atoms with Gasteiger partial charge in [0.1, 0.15) is 0 Å². The van der Waals surface area contributed by atoms with Gasteiger partial charge in [0.05, 0.1) is 0 Å². The predicted octanol–water partition coefficient (Wildman–Crippen LogP) is 2.11. The number of aromatic nitrogens is 3. The number of hydrazine groups is 1. The van der Waals surface area contributed by atoms with Crippen molar-refractivity contribution in [3.63, 3.8) is 0 Å². The molecule has 21 heavy (non-hydrogen) atoms. The van der Waals surface area contributed by atoms with Gasteiger partial charge in [0.25, 0.3) is 0 Å². The second-order valence-electron chi connectivity index (χ2n) is 4.76. The molecule has 1 aliphatic rings. The van der Waals surface area contributed by atoms with E-state index in [0.29, 0.717) is 17.8 Å². The Hall–Kier alpha value is -1.68. The van der Waals surface area contributed by atoms with E-state index in [2.05, 4.69) is 53.2 Å². The average molecular weight is 397 g/mol. The molecule has 0 amide bonds. The van der Waals surface area contributed by atoms with Crippen LogP contribution in [0, 0.1) is 3.57 Å². The topological polar surface area (TPSA) is 92.0 Å². The molecule has 0 radical (unpaired) electrons. The van der Waals surface area contributed by atoms with Crippen molar-refractivity contribution in [2.24, 2.45) is 5.84 Å². The van der Waals surface area contributed by atoms with Crippen molar-refractivity contribution < 1.29 is 0 Å². The Morgan fingerprint density at radius 1 is 1.10 bits per heavy atom. The first-order valence-electron chi connectivity index (χ1n) is 6.75. The van der Waals surface area contributed by atoms with Gasteiger partial charge in [-0.05, 0) is 53.6 Å². The summed E-state index contributed by atoms with van der Waals surface area (Å²) in [5.41, 5.74) is 3.43. The van der Waals surface area contributed by atoms with Gasteiger partial charge in [-0.15, -0.1) is 0 Å². The van der Waals surface area contributed by atoms with Crippen molar-refractivity contribution in [2.75, 3.05) is 28.7 Å². The summed E-state index contributed by atoms with van der Waals surface area (Å²) in [7, 11) is 0. The molecule has 1 aromatic carbocycles. The molecule has 2 aromatic rings. The lowest BCUT2D eigenvalue weighted by molar-refractivity contribution is 0.882. The van der Waals surface area contributed by atoms with Crippen molar-refractivity contribution in [3.05, 3.63) is 27.8 Å². The lowest BCUT2D eigenvalue weighted by Gasteiger charge is -2.16. The van der Waals surface area contributed by atoms with Gasteiger partial charge < -0.3 is 10.2 Å². The van der Waals surface area contributed by atoms with Crippen LogP contribution in [0.4, 0.5) is 23.5 Å². The van der Waals surface area contributed by atoms with E-state index in [9.17, 15) is 0 Å². The number of nitrogen functional groups attached to an aromatic ring is 1. The molecule has 4 N–H and O–H groups in total. The van der Waals surface area contributed by atoms with E-state index < -0.39 is 0 Å². The molecule has 7 nitrogen and oxygen atoms in total. The highest BCUT2D eigenvalue weighted by atomic mass is 127. The fourth-order valence-electron chi connectivity index (χ4n) is 2.24. The Kier molecular flexibility index (Phi) is 4.34. The second kappa shape index (κ2) is 6.39. The molecule has 1 fully saturated rings. The van der Waals surface area contributed by atoms with Gasteiger partial charge in [0, 0.05) is 22.3 Å². The largest absolute Gasteiger partial charge is 0.341 e. The van der Waals surface area contributed by atoms with E-state index in [0.717, 1.165) is 35.2 Å². The molecule has 0 saturated carbocycles. The van der Waals surface area contributed by atoms with Crippen molar-refractivity contribution in [1.29, 1.82) is 0 Å². The molecular formula is C13H16IN7. The molecule has 8 heteroatoms. The first-order valence-corrected chi connectivity index (χ1v) is 7.83. The molecule has 110 valence electrons. The number of nitrogens with zero attached hydrogens (tertiary/aromatic N) is 4. The summed E-state index contributed by atoms with van der Waals surface area (Å²) >= 11 is 2.27. The minimum Gasteiger partial charge on any atom is -0.341 e. The molecule has 1 aliphatic heterocycles. The number of hydrogen-bond donors (Lipinski definition) is 3. The van der Waals surface area contributed by atoms with E-state index in [4.69, 9.17) is 5.84 Å². The summed E-state index contributed by atoms with van der Waals surface area (Å²) < 4.78 is 1.14. The van der Waals surface area contributed by atoms with Gasteiger partial charge in [0.2, 0.25) is 17.8 Å². The third-order valence-electron chi connectivity index (χ3n) is 3.22. The van der Waals surface area contributed by atoms with Crippen LogP contribution in [-0.4, -0.2) is 28.0 Å². The van der Waals surface area contributed by atoms with Crippen LogP contribution in [0.15, 0.2) is 24.3 Å². The van der Waals surface area contributed by atoms with E-state index >= 15 is 0 Å².